The van der Waals surface area contributed by atoms with Crippen molar-refractivity contribution in [3.8, 4) is 0 Å². The molecule has 0 amide bonds. The summed E-state index contributed by atoms with van der Waals surface area (Å²) in [6.45, 7) is 3.84. The van der Waals surface area contributed by atoms with Gasteiger partial charge in [-0.1, -0.05) is 0 Å². The van der Waals surface area contributed by atoms with Crippen LogP contribution in [-0.2, 0) is 26.2 Å². The lowest BCUT2D eigenvalue weighted by atomic mass is 9.34. The molecule has 0 unspecified atom stereocenters. The number of carbonyl (C=O) groups is 1. The zero-order chi connectivity index (χ0) is 14.0. The Hall–Kier alpha value is -1.36. The summed E-state index contributed by atoms with van der Waals surface area (Å²) in [4.78, 5) is 16.3. The summed E-state index contributed by atoms with van der Waals surface area (Å²) < 4.78 is 12.7. The van der Waals surface area contributed by atoms with E-state index < -0.39 is 0 Å². The number of rotatable bonds is 4. The third-order valence-electron chi connectivity index (χ3n) is 5.37. The van der Waals surface area contributed by atoms with E-state index in [0.29, 0.717) is 6.10 Å². The predicted molar refractivity (Wildman–Crippen MR) is 71.3 cm³/mol. The van der Waals surface area contributed by atoms with Crippen LogP contribution in [0.3, 0.4) is 0 Å². The Bertz CT molecular complexity index is 554. The van der Waals surface area contributed by atoms with Gasteiger partial charge in [0.15, 0.2) is 0 Å². The molecule has 4 fully saturated rings. The molecule has 1 aliphatic heterocycles. The molecule has 0 N–H and O–H groups in total. The van der Waals surface area contributed by atoms with Gasteiger partial charge in [-0.2, -0.15) is 0 Å². The first-order chi connectivity index (χ1) is 9.58. The maximum absolute atomic E-state index is 11.8. The molecule has 4 aliphatic rings. The minimum atomic E-state index is -0.191. The van der Waals surface area contributed by atoms with Crippen LogP contribution >= 0.6 is 0 Å². The van der Waals surface area contributed by atoms with Crippen molar-refractivity contribution < 1.29 is 14.3 Å². The average molecular weight is 276 g/mol. The highest BCUT2D eigenvalue weighted by atomic mass is 16.5. The molecular weight excluding hydrogens is 256 g/mol. The zero-order valence-electron chi connectivity index (χ0n) is 12.0. The number of esters is 1. The van der Waals surface area contributed by atoms with Crippen molar-refractivity contribution in [2.24, 2.45) is 5.41 Å². The van der Waals surface area contributed by atoms with Gasteiger partial charge in [0, 0.05) is 17.7 Å². The lowest BCUT2D eigenvalue weighted by Crippen LogP contribution is -2.69. The molecule has 1 atom stereocenters. The molecule has 5 heteroatoms. The van der Waals surface area contributed by atoms with Gasteiger partial charge in [-0.25, -0.2) is 4.98 Å². The van der Waals surface area contributed by atoms with E-state index in [1.165, 1.54) is 12.8 Å². The van der Waals surface area contributed by atoms with E-state index in [1.807, 2.05) is 6.33 Å². The van der Waals surface area contributed by atoms with Gasteiger partial charge in [-0.05, 0) is 32.6 Å². The number of aromatic nitrogens is 2. The number of imidazole rings is 1. The molecular formula is C15H20N2O3. The van der Waals surface area contributed by atoms with Crippen LogP contribution in [0, 0.1) is 12.3 Å². The highest BCUT2D eigenvalue weighted by Gasteiger charge is 2.74. The molecule has 20 heavy (non-hydrogen) atoms. The van der Waals surface area contributed by atoms with Crippen molar-refractivity contribution in [2.45, 2.75) is 50.7 Å². The first kappa shape index (κ1) is 12.4. The normalized spacial score (nSPS) is 37.6. The van der Waals surface area contributed by atoms with E-state index in [0.717, 1.165) is 44.5 Å². The van der Waals surface area contributed by atoms with Crippen LogP contribution in [0.2, 0.25) is 0 Å². The molecule has 2 bridgehead atoms. The van der Waals surface area contributed by atoms with Crippen molar-refractivity contribution in [1.29, 1.82) is 0 Å². The molecule has 0 radical (unpaired) electrons. The van der Waals surface area contributed by atoms with Crippen LogP contribution in [0.25, 0.3) is 0 Å². The fraction of sp³-hybridized carbons (Fsp3) is 0.733. The monoisotopic (exact) mass is 276 g/mol. The van der Waals surface area contributed by atoms with E-state index in [-0.39, 0.29) is 16.8 Å². The first-order valence-electron chi connectivity index (χ1n) is 7.31. The number of ether oxygens (including phenoxy) is 2. The molecule has 1 saturated heterocycles. The highest BCUT2D eigenvalue weighted by molar-refractivity contribution is 5.82. The Kier molecular flexibility index (Phi) is 2.38. The Labute approximate surface area is 118 Å². The lowest BCUT2D eigenvalue weighted by molar-refractivity contribution is -0.199. The Morgan fingerprint density at radius 1 is 1.55 bits per heavy atom. The predicted octanol–water partition coefficient (Wildman–Crippen LogP) is 1.58. The van der Waals surface area contributed by atoms with E-state index in [9.17, 15) is 4.79 Å². The van der Waals surface area contributed by atoms with Crippen molar-refractivity contribution >= 4 is 5.97 Å². The van der Waals surface area contributed by atoms with Gasteiger partial charge in [0.1, 0.15) is 0 Å². The smallest absolute Gasteiger partial charge is 0.311 e. The second kappa shape index (κ2) is 3.85. The summed E-state index contributed by atoms with van der Waals surface area (Å²) in [7, 11) is 1.48. The summed E-state index contributed by atoms with van der Waals surface area (Å²) >= 11 is 0. The van der Waals surface area contributed by atoms with Crippen LogP contribution in [0.15, 0.2) is 6.33 Å². The van der Waals surface area contributed by atoms with Crippen LogP contribution in [-0.4, -0.2) is 35.3 Å². The third kappa shape index (κ3) is 1.41. The van der Waals surface area contributed by atoms with E-state index in [1.54, 1.807) is 0 Å². The summed E-state index contributed by atoms with van der Waals surface area (Å²) in [6.07, 6.45) is 6.16. The molecule has 0 spiro atoms. The minimum Gasteiger partial charge on any atom is -0.469 e. The van der Waals surface area contributed by atoms with Crippen LogP contribution in [0.4, 0.5) is 0 Å². The van der Waals surface area contributed by atoms with E-state index >= 15 is 0 Å². The number of nitrogens with zero attached hydrogens (tertiary/aromatic N) is 2. The SMILES string of the molecule is COC(=O)C12CC(c3c(C)ncn3C[C@@H]3CCO3)(C1)C2. The Morgan fingerprint density at radius 3 is 2.80 bits per heavy atom. The molecule has 0 aromatic carbocycles. The topological polar surface area (TPSA) is 53.3 Å². The quantitative estimate of drug-likeness (QED) is 0.783. The molecule has 5 nitrogen and oxygen atoms in total. The van der Waals surface area contributed by atoms with Crippen molar-refractivity contribution in [3.05, 3.63) is 17.7 Å². The summed E-state index contributed by atoms with van der Waals surface area (Å²) in [5.41, 5.74) is 2.39. The van der Waals surface area contributed by atoms with Crippen LogP contribution < -0.4 is 0 Å². The van der Waals surface area contributed by atoms with Crippen molar-refractivity contribution in [2.75, 3.05) is 13.7 Å². The summed E-state index contributed by atoms with van der Waals surface area (Å²) in [5, 5.41) is 0. The van der Waals surface area contributed by atoms with Gasteiger partial charge < -0.3 is 14.0 Å². The maximum Gasteiger partial charge on any atom is 0.311 e. The van der Waals surface area contributed by atoms with Gasteiger partial charge in [-0.15, -0.1) is 0 Å². The molecule has 2 heterocycles. The van der Waals surface area contributed by atoms with Gasteiger partial charge in [0.25, 0.3) is 0 Å². The molecule has 3 saturated carbocycles. The Morgan fingerprint density at radius 2 is 2.25 bits per heavy atom. The molecule has 1 aromatic rings. The van der Waals surface area contributed by atoms with Gasteiger partial charge >= 0.3 is 5.97 Å². The second-order valence-electron chi connectivity index (χ2n) is 6.69. The van der Waals surface area contributed by atoms with Crippen molar-refractivity contribution in [1.82, 2.24) is 9.55 Å². The van der Waals surface area contributed by atoms with Crippen LogP contribution in [0.1, 0.15) is 37.1 Å². The molecule has 5 rings (SSSR count). The fourth-order valence-electron chi connectivity index (χ4n) is 4.43. The standard InChI is InChI=1S/C15H20N2O3/c1-10-12(17(9-16-10)5-11-3-4-20-11)14-6-15(7-14,8-14)13(18)19-2/h9,11H,3-8H2,1-2H3/t11-,14?,15?/m0/s1. The molecule has 3 aliphatic carbocycles. The summed E-state index contributed by atoms with van der Waals surface area (Å²) in [5.74, 6) is -0.0366. The third-order valence-corrected chi connectivity index (χ3v) is 5.37. The second-order valence-corrected chi connectivity index (χ2v) is 6.69. The largest absolute Gasteiger partial charge is 0.469 e. The van der Waals surface area contributed by atoms with E-state index in [2.05, 4.69) is 16.5 Å². The van der Waals surface area contributed by atoms with Crippen molar-refractivity contribution in [3.63, 3.8) is 0 Å². The van der Waals surface area contributed by atoms with Gasteiger partial charge in [0.05, 0.1) is 37.2 Å². The number of hydrogen-bond donors (Lipinski definition) is 0. The fourth-order valence-corrected chi connectivity index (χ4v) is 4.43. The highest BCUT2D eigenvalue weighted by Crippen LogP contribution is 2.74. The van der Waals surface area contributed by atoms with Crippen LogP contribution in [0.5, 0.6) is 0 Å². The average Bonchev–Trinajstić information content (AvgIpc) is 2.63. The number of aryl methyl sites for hydroxylation is 1. The van der Waals surface area contributed by atoms with E-state index in [4.69, 9.17) is 9.47 Å². The summed E-state index contributed by atoms with van der Waals surface area (Å²) in [6, 6.07) is 0. The zero-order valence-corrected chi connectivity index (χ0v) is 12.0. The van der Waals surface area contributed by atoms with Gasteiger partial charge in [0.2, 0.25) is 0 Å². The number of methoxy groups -OCH3 is 1. The lowest BCUT2D eigenvalue weighted by Gasteiger charge is -2.68. The van der Waals surface area contributed by atoms with Gasteiger partial charge in [-0.3, -0.25) is 4.79 Å². The number of hydrogen-bond acceptors (Lipinski definition) is 4. The molecule has 108 valence electrons. The first-order valence-corrected chi connectivity index (χ1v) is 7.31. The number of carbonyl (C=O) groups excluding carboxylic acids is 1. The molecule has 1 aromatic heterocycles. The Balaban J connectivity index is 1.56. The minimum absolute atomic E-state index is 0.0366. The maximum atomic E-state index is 11.8.